The van der Waals surface area contributed by atoms with E-state index >= 15 is 0 Å². The summed E-state index contributed by atoms with van der Waals surface area (Å²) in [6.45, 7) is 14.3. The largest absolute Gasteiger partial charge is 0.354 e. The predicted molar refractivity (Wildman–Crippen MR) is 106 cm³/mol. The summed E-state index contributed by atoms with van der Waals surface area (Å²) in [5.74, 6) is 0.547. The molecular weight excluding hydrogens is 330 g/mol. The molecule has 144 valence electrons. The average molecular weight is 361 g/mol. The molecule has 1 rings (SSSR count). The molecular formula is C19H31N5O2. The van der Waals surface area contributed by atoms with Crippen molar-refractivity contribution in [1.29, 1.82) is 0 Å². The molecule has 1 aliphatic heterocycles. The first-order chi connectivity index (χ1) is 12.1. The Morgan fingerprint density at radius 3 is 2.50 bits per heavy atom. The van der Waals surface area contributed by atoms with E-state index in [-0.39, 0.29) is 30.4 Å². The number of aliphatic imine (C=N–C) groups is 1. The standard InChI is InChI=1S/C19H31N5O2/c1-8-9-16(23-19(26)17-10-20-17)13(4)14(5)22-15(6)24(7)11-18(25)21-12(2)3/h8-9,12,17,20H,5,10-11H2,1-4,6-7H3,(H,21,25)(H,23,26)/b9-8-,16-13-,22-15-. The van der Waals surface area contributed by atoms with E-state index < -0.39 is 0 Å². The van der Waals surface area contributed by atoms with E-state index in [9.17, 15) is 9.59 Å². The van der Waals surface area contributed by atoms with Crippen molar-refractivity contribution in [3.8, 4) is 0 Å². The second-order valence-electron chi connectivity index (χ2n) is 6.67. The van der Waals surface area contributed by atoms with Gasteiger partial charge in [0.25, 0.3) is 0 Å². The number of amides is 2. The second kappa shape index (κ2) is 9.91. The predicted octanol–water partition coefficient (Wildman–Crippen LogP) is 1.31. The first-order valence-corrected chi connectivity index (χ1v) is 8.78. The Morgan fingerprint density at radius 2 is 2.00 bits per heavy atom. The van der Waals surface area contributed by atoms with Gasteiger partial charge in [0.2, 0.25) is 11.8 Å². The summed E-state index contributed by atoms with van der Waals surface area (Å²) >= 11 is 0. The van der Waals surface area contributed by atoms with Gasteiger partial charge in [-0.05, 0) is 46.3 Å². The first-order valence-electron chi connectivity index (χ1n) is 8.78. The number of carbonyl (C=O) groups excluding carboxylic acids is 2. The molecule has 1 unspecified atom stereocenters. The maximum absolute atomic E-state index is 12.0. The Kier molecular flexibility index (Phi) is 8.25. The molecule has 0 aromatic rings. The van der Waals surface area contributed by atoms with Crippen molar-refractivity contribution >= 4 is 17.6 Å². The number of amidine groups is 1. The molecule has 26 heavy (non-hydrogen) atoms. The van der Waals surface area contributed by atoms with E-state index in [4.69, 9.17) is 0 Å². The molecule has 0 aromatic heterocycles. The molecule has 0 radical (unpaired) electrons. The van der Waals surface area contributed by atoms with E-state index in [0.717, 1.165) is 5.57 Å². The summed E-state index contributed by atoms with van der Waals surface area (Å²) in [5.41, 5.74) is 1.99. The van der Waals surface area contributed by atoms with E-state index in [1.54, 1.807) is 11.9 Å². The van der Waals surface area contributed by atoms with Crippen LogP contribution in [0.5, 0.6) is 0 Å². The molecule has 7 nitrogen and oxygen atoms in total. The summed E-state index contributed by atoms with van der Waals surface area (Å²) in [7, 11) is 1.80. The van der Waals surface area contributed by atoms with Gasteiger partial charge in [-0.3, -0.25) is 9.59 Å². The Labute approximate surface area is 156 Å². The minimum Gasteiger partial charge on any atom is -0.354 e. The summed E-state index contributed by atoms with van der Waals surface area (Å²) in [6, 6.07) is -0.0200. The Hall–Kier alpha value is -2.41. The van der Waals surface area contributed by atoms with Crippen molar-refractivity contribution in [2.24, 2.45) is 4.99 Å². The second-order valence-corrected chi connectivity index (χ2v) is 6.67. The zero-order valence-electron chi connectivity index (χ0n) is 16.6. The van der Waals surface area contributed by atoms with Gasteiger partial charge in [0.15, 0.2) is 0 Å². The van der Waals surface area contributed by atoms with Gasteiger partial charge in [-0.15, -0.1) is 0 Å². The maximum atomic E-state index is 12.0. The number of likely N-dealkylation sites (N-methyl/N-ethyl adjacent to an activating group) is 1. The van der Waals surface area contributed by atoms with Crippen LogP contribution in [0, 0.1) is 0 Å². The molecule has 0 aliphatic carbocycles. The van der Waals surface area contributed by atoms with E-state index in [0.29, 0.717) is 23.8 Å². The number of nitrogens with zero attached hydrogens (tertiary/aromatic N) is 2. The lowest BCUT2D eigenvalue weighted by Crippen LogP contribution is -2.40. The van der Waals surface area contributed by atoms with Crippen molar-refractivity contribution in [2.75, 3.05) is 20.1 Å². The van der Waals surface area contributed by atoms with Gasteiger partial charge in [0.1, 0.15) is 5.84 Å². The lowest BCUT2D eigenvalue weighted by atomic mass is 10.1. The van der Waals surface area contributed by atoms with Crippen molar-refractivity contribution in [2.45, 2.75) is 46.7 Å². The van der Waals surface area contributed by atoms with E-state index in [1.165, 1.54) is 0 Å². The lowest BCUT2D eigenvalue weighted by molar-refractivity contribution is -0.122. The van der Waals surface area contributed by atoms with Crippen molar-refractivity contribution in [3.05, 3.63) is 35.7 Å². The third kappa shape index (κ3) is 7.23. The molecule has 1 fully saturated rings. The third-order valence-electron chi connectivity index (χ3n) is 3.83. The lowest BCUT2D eigenvalue weighted by Gasteiger charge is -2.20. The van der Waals surface area contributed by atoms with Crippen LogP contribution in [-0.4, -0.2) is 54.8 Å². The highest BCUT2D eigenvalue weighted by Gasteiger charge is 2.29. The fourth-order valence-electron chi connectivity index (χ4n) is 2.11. The summed E-state index contributed by atoms with van der Waals surface area (Å²) in [6.07, 6.45) is 3.68. The smallest absolute Gasteiger partial charge is 0.242 e. The quantitative estimate of drug-likeness (QED) is 0.263. The summed E-state index contributed by atoms with van der Waals surface area (Å²) in [5, 5.41) is 8.72. The van der Waals surface area contributed by atoms with Gasteiger partial charge < -0.3 is 20.9 Å². The van der Waals surface area contributed by atoms with Crippen LogP contribution in [0.4, 0.5) is 0 Å². The van der Waals surface area contributed by atoms with E-state index in [1.807, 2.05) is 46.8 Å². The summed E-state index contributed by atoms with van der Waals surface area (Å²) in [4.78, 5) is 30.1. The molecule has 0 saturated carbocycles. The first kappa shape index (κ1) is 21.6. The molecule has 0 spiro atoms. The SMILES string of the molecule is C=C(/N=C(/C)N(C)CC(=O)NC(C)C)/C(C)=C(/C=C\C)NC(=O)C1CN1. The normalized spacial score (nSPS) is 17.8. The third-order valence-corrected chi connectivity index (χ3v) is 3.83. The monoisotopic (exact) mass is 361 g/mol. The highest BCUT2D eigenvalue weighted by atomic mass is 16.2. The van der Waals surface area contributed by atoms with Crippen molar-refractivity contribution in [1.82, 2.24) is 20.9 Å². The van der Waals surface area contributed by atoms with Crippen LogP contribution in [0.1, 0.15) is 34.6 Å². The van der Waals surface area contributed by atoms with Gasteiger partial charge >= 0.3 is 0 Å². The number of nitrogens with one attached hydrogen (secondary N) is 3. The highest BCUT2D eigenvalue weighted by Crippen LogP contribution is 2.15. The molecule has 3 N–H and O–H groups in total. The number of carbonyl (C=O) groups is 2. The molecule has 1 saturated heterocycles. The fourth-order valence-corrected chi connectivity index (χ4v) is 2.11. The Morgan fingerprint density at radius 1 is 1.38 bits per heavy atom. The van der Waals surface area contributed by atoms with Gasteiger partial charge in [-0.2, -0.15) is 0 Å². The van der Waals surface area contributed by atoms with Crippen LogP contribution in [0.2, 0.25) is 0 Å². The number of allylic oxidation sites excluding steroid dienone is 3. The van der Waals surface area contributed by atoms with Crippen LogP contribution >= 0.6 is 0 Å². The minimum atomic E-state index is -0.118. The highest BCUT2D eigenvalue weighted by molar-refractivity contribution is 5.88. The van der Waals surface area contributed by atoms with Crippen LogP contribution in [0.25, 0.3) is 0 Å². The number of rotatable bonds is 8. The van der Waals surface area contributed by atoms with Crippen LogP contribution in [-0.2, 0) is 9.59 Å². The molecule has 1 aliphatic rings. The topological polar surface area (TPSA) is 95.7 Å². The fraction of sp³-hybridized carbons (Fsp3) is 0.526. The number of hydrogen-bond donors (Lipinski definition) is 3. The molecule has 2 amide bonds. The van der Waals surface area contributed by atoms with Gasteiger partial charge in [-0.1, -0.05) is 12.7 Å². The average Bonchev–Trinajstić information content (AvgIpc) is 3.37. The van der Waals surface area contributed by atoms with Crippen LogP contribution in [0.15, 0.2) is 40.7 Å². The zero-order valence-corrected chi connectivity index (χ0v) is 16.6. The Bertz CT molecular complexity index is 642. The van der Waals surface area contributed by atoms with E-state index in [2.05, 4.69) is 27.5 Å². The molecule has 7 heteroatoms. The van der Waals surface area contributed by atoms with Gasteiger partial charge in [0, 0.05) is 25.3 Å². The van der Waals surface area contributed by atoms with Gasteiger partial charge in [0.05, 0.1) is 18.3 Å². The molecule has 1 atom stereocenters. The molecule has 0 bridgehead atoms. The maximum Gasteiger partial charge on any atom is 0.242 e. The van der Waals surface area contributed by atoms with Gasteiger partial charge in [-0.25, -0.2) is 4.99 Å². The van der Waals surface area contributed by atoms with Crippen LogP contribution in [0.3, 0.4) is 0 Å². The summed E-state index contributed by atoms with van der Waals surface area (Å²) < 4.78 is 0. The molecule has 1 heterocycles. The Balaban J connectivity index is 2.83. The van der Waals surface area contributed by atoms with Crippen molar-refractivity contribution < 1.29 is 9.59 Å². The van der Waals surface area contributed by atoms with Crippen molar-refractivity contribution in [3.63, 3.8) is 0 Å². The molecule has 0 aromatic carbocycles. The number of hydrogen-bond acceptors (Lipinski definition) is 4. The zero-order chi connectivity index (χ0) is 19.9. The van der Waals surface area contributed by atoms with Crippen LogP contribution < -0.4 is 16.0 Å². The minimum absolute atomic E-state index is 0.0614.